The Morgan fingerprint density at radius 1 is 1.20 bits per heavy atom. The largest absolute Gasteiger partial charge is 0.427 e. The summed E-state index contributed by atoms with van der Waals surface area (Å²) in [6.45, 7) is 13.5. The van der Waals surface area contributed by atoms with Gasteiger partial charge in [0.25, 0.3) is 5.91 Å². The Balaban J connectivity index is 2.20. The van der Waals surface area contributed by atoms with Crippen molar-refractivity contribution in [3.8, 4) is 0 Å². The Bertz CT molecular complexity index is 651. The summed E-state index contributed by atoms with van der Waals surface area (Å²) in [7, 11) is 0. The number of amides is 1. The quantitative estimate of drug-likeness (QED) is 0.818. The average Bonchev–Trinajstić information content (AvgIpc) is 2.80. The molecule has 0 aromatic carbocycles. The van der Waals surface area contributed by atoms with Crippen molar-refractivity contribution in [2.75, 3.05) is 26.2 Å². The zero-order chi connectivity index (χ0) is 18.6. The van der Waals surface area contributed by atoms with Crippen LogP contribution in [0.15, 0.2) is 15.3 Å². The molecule has 2 heterocycles. The third kappa shape index (κ3) is 4.72. The lowest BCUT2D eigenvalue weighted by Gasteiger charge is -2.25. The molecule has 2 rings (SSSR count). The lowest BCUT2D eigenvalue weighted by atomic mass is 10.0. The molecule has 1 aromatic rings. The molecule has 1 saturated heterocycles. The number of carbonyl (C=O) groups is 1. The molecule has 5 nitrogen and oxygen atoms in total. The molecule has 1 unspecified atom stereocenters. The van der Waals surface area contributed by atoms with Crippen LogP contribution in [0.2, 0.25) is 0 Å². The average molecular weight is 348 g/mol. The molecule has 1 aliphatic heterocycles. The molecule has 0 saturated carbocycles. The van der Waals surface area contributed by atoms with Crippen molar-refractivity contribution in [2.45, 2.75) is 65.8 Å². The van der Waals surface area contributed by atoms with Gasteiger partial charge in [0.2, 0.25) is 0 Å². The van der Waals surface area contributed by atoms with E-state index in [0.29, 0.717) is 24.9 Å². The van der Waals surface area contributed by atoms with E-state index in [9.17, 15) is 9.59 Å². The van der Waals surface area contributed by atoms with E-state index in [1.807, 2.05) is 13.0 Å². The van der Waals surface area contributed by atoms with Gasteiger partial charge >= 0.3 is 5.63 Å². The molecule has 0 N–H and O–H groups in total. The topological polar surface area (TPSA) is 53.8 Å². The second-order valence-corrected chi connectivity index (χ2v) is 7.46. The number of hydrogen-bond acceptors (Lipinski definition) is 4. The molecule has 1 aromatic heterocycles. The Hall–Kier alpha value is -1.62. The number of hydrogen-bond donors (Lipinski definition) is 0. The molecule has 0 spiro atoms. The van der Waals surface area contributed by atoms with Crippen molar-refractivity contribution in [3.63, 3.8) is 0 Å². The van der Waals surface area contributed by atoms with Crippen molar-refractivity contribution in [2.24, 2.45) is 0 Å². The van der Waals surface area contributed by atoms with Gasteiger partial charge in [-0.05, 0) is 45.2 Å². The van der Waals surface area contributed by atoms with Gasteiger partial charge in [-0.3, -0.25) is 9.69 Å². The first kappa shape index (κ1) is 19.7. The van der Waals surface area contributed by atoms with Crippen LogP contribution >= 0.6 is 0 Å². The summed E-state index contributed by atoms with van der Waals surface area (Å²) < 4.78 is 5.49. The highest BCUT2D eigenvalue weighted by Gasteiger charge is 2.26. The molecule has 0 aliphatic carbocycles. The number of rotatable bonds is 5. The van der Waals surface area contributed by atoms with Crippen LogP contribution in [0.25, 0.3) is 0 Å². The van der Waals surface area contributed by atoms with Crippen LogP contribution in [0.3, 0.4) is 0 Å². The van der Waals surface area contributed by atoms with E-state index in [1.165, 1.54) is 0 Å². The molecular formula is C20H32N2O3. The van der Waals surface area contributed by atoms with Gasteiger partial charge in [-0.25, -0.2) is 4.79 Å². The predicted octanol–water partition coefficient (Wildman–Crippen LogP) is 3.41. The van der Waals surface area contributed by atoms with E-state index in [4.69, 9.17) is 4.42 Å². The zero-order valence-electron chi connectivity index (χ0n) is 16.3. The van der Waals surface area contributed by atoms with Gasteiger partial charge in [0.1, 0.15) is 11.3 Å². The zero-order valence-corrected chi connectivity index (χ0v) is 16.3. The second kappa shape index (κ2) is 8.65. The van der Waals surface area contributed by atoms with E-state index in [1.54, 1.807) is 4.90 Å². The van der Waals surface area contributed by atoms with Crippen molar-refractivity contribution >= 4 is 5.91 Å². The van der Waals surface area contributed by atoms with Crippen LogP contribution in [-0.2, 0) is 0 Å². The van der Waals surface area contributed by atoms with Crippen molar-refractivity contribution in [1.29, 1.82) is 0 Å². The minimum Gasteiger partial charge on any atom is -0.427 e. The van der Waals surface area contributed by atoms with Crippen LogP contribution in [0.5, 0.6) is 0 Å². The number of aryl methyl sites for hydroxylation is 1. The molecule has 5 heteroatoms. The van der Waals surface area contributed by atoms with Crippen LogP contribution in [0, 0.1) is 6.92 Å². The summed E-state index contributed by atoms with van der Waals surface area (Å²) in [5.41, 5.74) is 0.433. The summed E-state index contributed by atoms with van der Waals surface area (Å²) >= 11 is 0. The highest BCUT2D eigenvalue weighted by atomic mass is 16.4. The minimum atomic E-state index is -0.493. The fourth-order valence-electron chi connectivity index (χ4n) is 3.52. The maximum absolute atomic E-state index is 12.9. The summed E-state index contributed by atoms with van der Waals surface area (Å²) in [6.07, 6.45) is 2.93. The summed E-state index contributed by atoms with van der Waals surface area (Å²) in [5, 5.41) is 0. The van der Waals surface area contributed by atoms with Gasteiger partial charge in [-0.15, -0.1) is 0 Å². The Morgan fingerprint density at radius 3 is 2.52 bits per heavy atom. The fourth-order valence-corrected chi connectivity index (χ4v) is 3.52. The molecule has 0 radical (unpaired) electrons. The Morgan fingerprint density at radius 2 is 1.92 bits per heavy atom. The highest BCUT2D eigenvalue weighted by Crippen LogP contribution is 2.22. The van der Waals surface area contributed by atoms with Gasteiger partial charge in [-0.1, -0.05) is 20.3 Å². The van der Waals surface area contributed by atoms with Gasteiger partial charge in [0, 0.05) is 38.1 Å². The van der Waals surface area contributed by atoms with Crippen LogP contribution < -0.4 is 5.63 Å². The molecule has 1 atom stereocenters. The van der Waals surface area contributed by atoms with Crippen molar-refractivity contribution < 1.29 is 9.21 Å². The van der Waals surface area contributed by atoms with E-state index in [0.717, 1.165) is 37.9 Å². The van der Waals surface area contributed by atoms with Crippen molar-refractivity contribution in [3.05, 3.63) is 33.4 Å². The lowest BCUT2D eigenvalue weighted by molar-refractivity contribution is 0.0753. The third-order valence-corrected chi connectivity index (χ3v) is 5.14. The van der Waals surface area contributed by atoms with Crippen molar-refractivity contribution in [1.82, 2.24) is 9.80 Å². The van der Waals surface area contributed by atoms with E-state index < -0.39 is 5.63 Å². The maximum Gasteiger partial charge on any atom is 0.349 e. The molecule has 0 bridgehead atoms. The molecular weight excluding hydrogens is 316 g/mol. The Labute approximate surface area is 151 Å². The smallest absolute Gasteiger partial charge is 0.349 e. The van der Waals surface area contributed by atoms with E-state index in [2.05, 4.69) is 32.6 Å². The van der Waals surface area contributed by atoms with Gasteiger partial charge in [-0.2, -0.15) is 0 Å². The normalized spacial score (nSPS) is 17.6. The van der Waals surface area contributed by atoms with Crippen LogP contribution in [0.1, 0.15) is 74.6 Å². The molecule has 1 fully saturated rings. The summed E-state index contributed by atoms with van der Waals surface area (Å²) in [4.78, 5) is 29.6. The standard InChI is InChI=1S/C20H32N2O3/c1-6-8-15(4)17-13-16(5)18(20(24)25-17)19(23)22-10-7-9-21(11-12-22)14(2)3/h13-15H,6-12H2,1-5H3. The Kier molecular flexibility index (Phi) is 6.82. The van der Waals surface area contributed by atoms with E-state index >= 15 is 0 Å². The molecule has 140 valence electrons. The molecule has 1 amide bonds. The van der Waals surface area contributed by atoms with Crippen LogP contribution in [-0.4, -0.2) is 47.9 Å². The summed E-state index contributed by atoms with van der Waals surface area (Å²) in [6, 6.07) is 2.34. The fraction of sp³-hybridized carbons (Fsp3) is 0.700. The van der Waals surface area contributed by atoms with Gasteiger partial charge < -0.3 is 9.32 Å². The van der Waals surface area contributed by atoms with Crippen LogP contribution in [0.4, 0.5) is 0 Å². The predicted molar refractivity (Wildman–Crippen MR) is 100 cm³/mol. The monoisotopic (exact) mass is 348 g/mol. The SMILES string of the molecule is CCCC(C)c1cc(C)c(C(=O)N2CCCN(C(C)C)CC2)c(=O)o1. The van der Waals surface area contributed by atoms with Gasteiger partial charge in [0.05, 0.1) is 0 Å². The first-order chi connectivity index (χ1) is 11.8. The van der Waals surface area contributed by atoms with Gasteiger partial charge in [0.15, 0.2) is 0 Å². The minimum absolute atomic E-state index is 0.188. The first-order valence-corrected chi connectivity index (χ1v) is 9.53. The van der Waals surface area contributed by atoms with E-state index in [-0.39, 0.29) is 17.4 Å². The highest BCUT2D eigenvalue weighted by molar-refractivity contribution is 5.95. The lowest BCUT2D eigenvalue weighted by Crippen LogP contribution is -2.39. The number of carbonyl (C=O) groups excluding carboxylic acids is 1. The number of nitrogens with zero attached hydrogens (tertiary/aromatic N) is 2. The third-order valence-electron chi connectivity index (χ3n) is 5.14. The maximum atomic E-state index is 12.9. The molecule has 25 heavy (non-hydrogen) atoms. The summed E-state index contributed by atoms with van der Waals surface area (Å²) in [5.74, 6) is 0.688. The molecule has 1 aliphatic rings. The first-order valence-electron chi connectivity index (χ1n) is 9.53. The second-order valence-electron chi connectivity index (χ2n) is 7.46.